The highest BCUT2D eigenvalue weighted by Crippen LogP contribution is 2.54. The molecule has 1 heterocycles. The van der Waals surface area contributed by atoms with E-state index in [0.717, 1.165) is 16.6 Å². The molecule has 2 atom stereocenters. The van der Waals surface area contributed by atoms with E-state index >= 15 is 0 Å². The van der Waals surface area contributed by atoms with Gasteiger partial charge in [-0.1, -0.05) is 12.1 Å². The zero-order chi connectivity index (χ0) is 9.00. The van der Waals surface area contributed by atoms with E-state index in [0.29, 0.717) is 5.92 Å². The molecule has 0 unspecified atom stereocenters. The number of para-hydroxylation sites is 1. The molecule has 1 aliphatic heterocycles. The average molecular weight is 238 g/mol. The molecule has 13 heavy (non-hydrogen) atoms. The van der Waals surface area contributed by atoms with Crippen molar-refractivity contribution in [2.24, 2.45) is 5.92 Å². The van der Waals surface area contributed by atoms with Crippen LogP contribution in [0.25, 0.3) is 0 Å². The smallest absolute Gasteiger partial charge is 0.228 e. The SMILES string of the molecule is O=C1Nc2c(Br)cccc2[C@H]2C[C@@H]12. The number of nitrogens with one attached hydrogen (secondary N) is 1. The molecule has 1 aromatic rings. The summed E-state index contributed by atoms with van der Waals surface area (Å²) in [5.74, 6) is 0.924. The number of hydrogen-bond acceptors (Lipinski definition) is 1. The molecule has 0 saturated heterocycles. The van der Waals surface area contributed by atoms with Crippen LogP contribution in [0.5, 0.6) is 0 Å². The van der Waals surface area contributed by atoms with Gasteiger partial charge in [-0.2, -0.15) is 0 Å². The van der Waals surface area contributed by atoms with Crippen molar-refractivity contribution in [2.45, 2.75) is 12.3 Å². The Morgan fingerprint density at radius 1 is 1.38 bits per heavy atom. The van der Waals surface area contributed by atoms with Crippen molar-refractivity contribution in [3.63, 3.8) is 0 Å². The maximum absolute atomic E-state index is 11.4. The van der Waals surface area contributed by atoms with Gasteiger partial charge in [-0.25, -0.2) is 0 Å². The number of fused-ring (bicyclic) bond motifs is 3. The van der Waals surface area contributed by atoms with Crippen molar-refractivity contribution < 1.29 is 4.79 Å². The normalized spacial score (nSPS) is 28.8. The van der Waals surface area contributed by atoms with E-state index in [4.69, 9.17) is 0 Å². The van der Waals surface area contributed by atoms with E-state index in [1.165, 1.54) is 5.56 Å². The number of benzene rings is 1. The molecule has 3 heteroatoms. The second-order valence-corrected chi connectivity index (χ2v) is 4.50. The Labute approximate surface area is 84.5 Å². The molecule has 2 nitrogen and oxygen atoms in total. The summed E-state index contributed by atoms with van der Waals surface area (Å²) in [6.45, 7) is 0. The van der Waals surface area contributed by atoms with E-state index in [-0.39, 0.29) is 11.8 Å². The first-order valence-electron chi connectivity index (χ1n) is 4.36. The van der Waals surface area contributed by atoms with Crippen molar-refractivity contribution >= 4 is 27.5 Å². The van der Waals surface area contributed by atoms with Crippen molar-refractivity contribution in [1.29, 1.82) is 0 Å². The molecule has 0 radical (unpaired) electrons. The lowest BCUT2D eigenvalue weighted by atomic mass is 10.0. The highest BCUT2D eigenvalue weighted by molar-refractivity contribution is 9.10. The van der Waals surface area contributed by atoms with Crippen LogP contribution in [0.15, 0.2) is 22.7 Å². The fraction of sp³-hybridized carbons (Fsp3) is 0.300. The van der Waals surface area contributed by atoms with Crippen LogP contribution < -0.4 is 5.32 Å². The van der Waals surface area contributed by atoms with Crippen LogP contribution in [0.1, 0.15) is 17.9 Å². The van der Waals surface area contributed by atoms with E-state index in [9.17, 15) is 4.79 Å². The van der Waals surface area contributed by atoms with Crippen molar-refractivity contribution in [3.8, 4) is 0 Å². The van der Waals surface area contributed by atoms with E-state index in [1.54, 1.807) is 0 Å². The number of hydrogen-bond donors (Lipinski definition) is 1. The van der Waals surface area contributed by atoms with Gasteiger partial charge in [0, 0.05) is 10.4 Å². The lowest BCUT2D eigenvalue weighted by Crippen LogP contribution is -2.19. The molecule has 1 fully saturated rings. The van der Waals surface area contributed by atoms with Gasteiger partial charge in [-0.05, 0) is 39.9 Å². The van der Waals surface area contributed by atoms with Crippen molar-refractivity contribution in [3.05, 3.63) is 28.2 Å². The fourth-order valence-electron chi connectivity index (χ4n) is 2.03. The third-order valence-electron chi connectivity index (χ3n) is 2.82. The second kappa shape index (κ2) is 2.35. The number of carbonyl (C=O) groups excluding carboxylic acids is 1. The molecule has 1 saturated carbocycles. The van der Waals surface area contributed by atoms with Gasteiger partial charge in [0.15, 0.2) is 0 Å². The van der Waals surface area contributed by atoms with Gasteiger partial charge >= 0.3 is 0 Å². The molecule has 1 amide bonds. The van der Waals surface area contributed by atoms with Crippen molar-refractivity contribution in [1.82, 2.24) is 0 Å². The maximum Gasteiger partial charge on any atom is 0.228 e. The zero-order valence-corrected chi connectivity index (χ0v) is 8.47. The van der Waals surface area contributed by atoms with E-state index < -0.39 is 0 Å². The number of rotatable bonds is 0. The number of amides is 1. The first-order chi connectivity index (χ1) is 6.27. The molecule has 0 bridgehead atoms. The number of carbonyl (C=O) groups is 1. The molecule has 3 rings (SSSR count). The molecule has 0 spiro atoms. The summed E-state index contributed by atoms with van der Waals surface area (Å²) in [6, 6.07) is 6.09. The quantitative estimate of drug-likeness (QED) is 0.739. The Morgan fingerprint density at radius 2 is 2.23 bits per heavy atom. The van der Waals surface area contributed by atoms with Gasteiger partial charge < -0.3 is 5.32 Å². The standard InChI is InChI=1S/C10H8BrNO/c11-8-3-1-2-5-6-4-7(6)10(13)12-9(5)8/h1-3,6-7H,4H2,(H,12,13)/t6-,7-/m1/s1. The Balaban J connectivity index is 2.19. The summed E-state index contributed by atoms with van der Waals surface area (Å²) in [7, 11) is 0. The summed E-state index contributed by atoms with van der Waals surface area (Å²) in [5, 5.41) is 2.93. The molecule has 1 aromatic carbocycles. The van der Waals surface area contributed by atoms with Crippen LogP contribution in [0, 0.1) is 5.92 Å². The Morgan fingerprint density at radius 3 is 3.08 bits per heavy atom. The largest absolute Gasteiger partial charge is 0.325 e. The van der Waals surface area contributed by atoms with E-state index in [2.05, 4.69) is 27.3 Å². The van der Waals surface area contributed by atoms with Crippen molar-refractivity contribution in [2.75, 3.05) is 5.32 Å². The lowest BCUT2D eigenvalue weighted by Gasteiger charge is -2.17. The summed E-state index contributed by atoms with van der Waals surface area (Å²) >= 11 is 3.44. The Hall–Kier alpha value is -0.830. The van der Waals surface area contributed by atoms with Gasteiger partial charge in [0.25, 0.3) is 0 Å². The topological polar surface area (TPSA) is 29.1 Å². The average Bonchev–Trinajstić information content (AvgIpc) is 2.87. The van der Waals surface area contributed by atoms with Gasteiger partial charge in [-0.15, -0.1) is 0 Å². The zero-order valence-electron chi connectivity index (χ0n) is 6.88. The van der Waals surface area contributed by atoms with E-state index in [1.807, 2.05) is 12.1 Å². The van der Waals surface area contributed by atoms with Crippen LogP contribution in [0.2, 0.25) is 0 Å². The molecular weight excluding hydrogens is 230 g/mol. The molecule has 66 valence electrons. The highest BCUT2D eigenvalue weighted by atomic mass is 79.9. The minimum absolute atomic E-state index is 0.185. The van der Waals surface area contributed by atoms with Crippen LogP contribution in [0.4, 0.5) is 5.69 Å². The minimum Gasteiger partial charge on any atom is -0.325 e. The van der Waals surface area contributed by atoms with Gasteiger partial charge in [0.2, 0.25) is 5.91 Å². The molecule has 0 aromatic heterocycles. The van der Waals surface area contributed by atoms with Crippen LogP contribution in [-0.2, 0) is 4.79 Å². The third kappa shape index (κ3) is 0.967. The summed E-state index contributed by atoms with van der Waals surface area (Å²) in [6.07, 6.45) is 1.02. The number of halogens is 1. The highest BCUT2D eigenvalue weighted by Gasteiger charge is 2.48. The summed E-state index contributed by atoms with van der Waals surface area (Å²) < 4.78 is 0.990. The van der Waals surface area contributed by atoms with Gasteiger partial charge in [-0.3, -0.25) is 4.79 Å². The van der Waals surface area contributed by atoms with Gasteiger partial charge in [0.1, 0.15) is 0 Å². The third-order valence-corrected chi connectivity index (χ3v) is 3.48. The summed E-state index contributed by atoms with van der Waals surface area (Å²) in [4.78, 5) is 11.4. The monoisotopic (exact) mass is 237 g/mol. The first kappa shape index (κ1) is 7.56. The molecular formula is C10H8BrNO. The van der Waals surface area contributed by atoms with Gasteiger partial charge in [0.05, 0.1) is 5.69 Å². The second-order valence-electron chi connectivity index (χ2n) is 3.64. The summed E-state index contributed by atoms with van der Waals surface area (Å²) in [5.41, 5.74) is 2.27. The van der Waals surface area contributed by atoms with Crippen LogP contribution >= 0.6 is 15.9 Å². The fourth-order valence-corrected chi connectivity index (χ4v) is 2.51. The predicted molar refractivity (Wildman–Crippen MR) is 53.6 cm³/mol. The number of anilines is 1. The molecule has 1 aliphatic carbocycles. The Kier molecular flexibility index (Phi) is 1.37. The maximum atomic E-state index is 11.4. The predicted octanol–water partition coefficient (Wildman–Crippen LogP) is 2.50. The lowest BCUT2D eigenvalue weighted by molar-refractivity contribution is -0.117. The Bertz CT molecular complexity index is 402. The minimum atomic E-state index is 0.185. The first-order valence-corrected chi connectivity index (χ1v) is 5.16. The van der Waals surface area contributed by atoms with Crippen LogP contribution in [0.3, 0.4) is 0 Å². The molecule has 2 aliphatic rings. The molecule has 1 N–H and O–H groups in total. The van der Waals surface area contributed by atoms with Crippen LogP contribution in [-0.4, -0.2) is 5.91 Å².